The zero-order valence-electron chi connectivity index (χ0n) is 15.4. The molecule has 27 heavy (non-hydrogen) atoms. The number of non-ortho nitro benzene ring substituents is 1. The van der Waals surface area contributed by atoms with E-state index < -0.39 is 4.92 Å². The van der Waals surface area contributed by atoms with Crippen LogP contribution < -0.4 is 4.80 Å². The first-order valence-corrected chi connectivity index (χ1v) is 9.38. The molecular formula is C20H20N4O2S. The number of nitro benzene ring substituents is 1. The molecule has 3 aromatic rings. The number of hydrogen-bond acceptors (Lipinski definition) is 5. The van der Waals surface area contributed by atoms with Gasteiger partial charge in [0.25, 0.3) is 5.69 Å². The summed E-state index contributed by atoms with van der Waals surface area (Å²) >= 11 is 1.60. The van der Waals surface area contributed by atoms with Crippen molar-refractivity contribution in [3.63, 3.8) is 0 Å². The van der Waals surface area contributed by atoms with Gasteiger partial charge in [0.2, 0.25) is 4.80 Å². The first-order chi connectivity index (χ1) is 13.0. The summed E-state index contributed by atoms with van der Waals surface area (Å²) < 4.78 is 2.18. The predicted molar refractivity (Wildman–Crippen MR) is 109 cm³/mol. The van der Waals surface area contributed by atoms with E-state index in [0.717, 1.165) is 21.6 Å². The van der Waals surface area contributed by atoms with Gasteiger partial charge in [0.15, 0.2) is 0 Å². The summed E-state index contributed by atoms with van der Waals surface area (Å²) in [5, 5.41) is 19.3. The minimum Gasteiger partial charge on any atom is -0.312 e. The third-order valence-corrected chi connectivity index (χ3v) is 5.00. The van der Waals surface area contributed by atoms with Crippen molar-refractivity contribution in [3.05, 3.63) is 80.0 Å². The summed E-state index contributed by atoms with van der Waals surface area (Å²) in [5.74, 6) is 0. The molecule has 0 atom stereocenters. The first kappa shape index (κ1) is 18.7. The van der Waals surface area contributed by atoms with Crippen LogP contribution in [0.1, 0.15) is 30.3 Å². The number of thiazole rings is 1. The van der Waals surface area contributed by atoms with Crippen LogP contribution in [0.3, 0.4) is 0 Å². The lowest BCUT2D eigenvalue weighted by atomic mass is 10.1. The van der Waals surface area contributed by atoms with E-state index in [1.807, 2.05) is 18.2 Å². The van der Waals surface area contributed by atoms with Crippen molar-refractivity contribution < 1.29 is 4.92 Å². The number of rotatable bonds is 5. The Kier molecular flexibility index (Phi) is 5.61. The SMILES string of the molecule is Cc1s/c(=N/N=C/c2ccc([N+](=O)[O-])cc2)n(C(C)C)c1-c1ccccc1. The van der Waals surface area contributed by atoms with Gasteiger partial charge < -0.3 is 4.57 Å². The van der Waals surface area contributed by atoms with Crippen LogP contribution in [-0.4, -0.2) is 15.7 Å². The van der Waals surface area contributed by atoms with Gasteiger partial charge in [-0.15, -0.1) is 5.10 Å². The van der Waals surface area contributed by atoms with Crippen molar-refractivity contribution in [1.29, 1.82) is 0 Å². The standard InChI is InChI=1S/C20H20N4O2S/c1-14(2)23-19(17-7-5-4-6-8-17)15(3)27-20(23)22-21-13-16-9-11-18(12-10-16)24(25)26/h4-14H,1-3H3/b21-13+,22-20+. The zero-order chi connectivity index (χ0) is 19.4. The number of aryl methyl sites for hydroxylation is 1. The molecule has 7 heteroatoms. The Balaban J connectivity index is 1.98. The topological polar surface area (TPSA) is 72.8 Å². The fourth-order valence-electron chi connectivity index (χ4n) is 2.81. The molecular weight excluding hydrogens is 360 g/mol. The van der Waals surface area contributed by atoms with Crippen LogP contribution in [-0.2, 0) is 0 Å². The highest BCUT2D eigenvalue weighted by atomic mass is 32.1. The monoisotopic (exact) mass is 380 g/mol. The molecule has 0 fully saturated rings. The summed E-state index contributed by atoms with van der Waals surface area (Å²) in [7, 11) is 0. The fourth-order valence-corrected chi connectivity index (χ4v) is 3.89. The molecule has 0 bridgehead atoms. The van der Waals surface area contributed by atoms with Crippen LogP contribution in [0.2, 0.25) is 0 Å². The summed E-state index contributed by atoms with van der Waals surface area (Å²) in [6.07, 6.45) is 1.60. The molecule has 0 amide bonds. The predicted octanol–water partition coefficient (Wildman–Crippen LogP) is 4.95. The van der Waals surface area contributed by atoms with Gasteiger partial charge in [-0.05, 0) is 44.0 Å². The highest BCUT2D eigenvalue weighted by molar-refractivity contribution is 7.09. The van der Waals surface area contributed by atoms with Gasteiger partial charge in [0.05, 0.1) is 16.8 Å². The Hall–Kier alpha value is -3.06. The van der Waals surface area contributed by atoms with E-state index in [2.05, 4.69) is 47.7 Å². The molecule has 0 saturated carbocycles. The van der Waals surface area contributed by atoms with E-state index in [1.165, 1.54) is 17.0 Å². The zero-order valence-corrected chi connectivity index (χ0v) is 16.2. The molecule has 0 aliphatic rings. The molecule has 0 aliphatic heterocycles. The van der Waals surface area contributed by atoms with Gasteiger partial charge in [0.1, 0.15) is 0 Å². The molecule has 0 N–H and O–H groups in total. The molecule has 1 aromatic heterocycles. The molecule has 0 spiro atoms. The minimum atomic E-state index is -0.420. The maximum absolute atomic E-state index is 10.7. The average molecular weight is 380 g/mol. The third kappa shape index (κ3) is 4.20. The van der Waals surface area contributed by atoms with Gasteiger partial charge in [-0.3, -0.25) is 10.1 Å². The van der Waals surface area contributed by atoms with Crippen LogP contribution in [0.15, 0.2) is 64.8 Å². The average Bonchev–Trinajstić information content (AvgIpc) is 2.99. The van der Waals surface area contributed by atoms with E-state index in [0.29, 0.717) is 0 Å². The second-order valence-corrected chi connectivity index (χ2v) is 7.49. The van der Waals surface area contributed by atoms with Gasteiger partial charge in [0, 0.05) is 23.1 Å². The van der Waals surface area contributed by atoms with E-state index in [-0.39, 0.29) is 11.7 Å². The Morgan fingerprint density at radius 2 is 1.78 bits per heavy atom. The molecule has 0 aliphatic carbocycles. The van der Waals surface area contributed by atoms with Crippen molar-refractivity contribution in [2.24, 2.45) is 10.2 Å². The normalized spacial score (nSPS) is 12.2. The Morgan fingerprint density at radius 3 is 2.37 bits per heavy atom. The van der Waals surface area contributed by atoms with Crippen molar-refractivity contribution in [3.8, 4) is 11.3 Å². The molecule has 138 valence electrons. The Bertz CT molecular complexity index is 1030. The highest BCUT2D eigenvalue weighted by Gasteiger charge is 2.14. The second-order valence-electron chi connectivity index (χ2n) is 6.31. The van der Waals surface area contributed by atoms with Crippen LogP contribution in [0.5, 0.6) is 0 Å². The van der Waals surface area contributed by atoms with Crippen molar-refractivity contribution >= 4 is 23.2 Å². The van der Waals surface area contributed by atoms with Gasteiger partial charge in [-0.25, -0.2) is 0 Å². The molecule has 0 radical (unpaired) electrons. The molecule has 6 nitrogen and oxygen atoms in total. The number of aromatic nitrogens is 1. The van der Waals surface area contributed by atoms with Crippen molar-refractivity contribution in [2.75, 3.05) is 0 Å². The number of nitro groups is 1. The lowest BCUT2D eigenvalue weighted by Crippen LogP contribution is -2.17. The summed E-state index contributed by atoms with van der Waals surface area (Å²) in [6.45, 7) is 6.33. The second kappa shape index (κ2) is 8.09. The van der Waals surface area contributed by atoms with Gasteiger partial charge >= 0.3 is 0 Å². The summed E-state index contributed by atoms with van der Waals surface area (Å²) in [4.78, 5) is 12.3. The third-order valence-electron chi connectivity index (χ3n) is 4.04. The Morgan fingerprint density at radius 1 is 1.11 bits per heavy atom. The van der Waals surface area contributed by atoms with Crippen LogP contribution >= 0.6 is 11.3 Å². The van der Waals surface area contributed by atoms with E-state index >= 15 is 0 Å². The minimum absolute atomic E-state index is 0.0584. The first-order valence-electron chi connectivity index (χ1n) is 8.56. The molecule has 2 aromatic carbocycles. The lowest BCUT2D eigenvalue weighted by Gasteiger charge is -2.13. The van der Waals surface area contributed by atoms with E-state index in [4.69, 9.17) is 0 Å². The number of nitrogens with zero attached hydrogens (tertiary/aromatic N) is 4. The Labute approximate surface area is 161 Å². The van der Waals surface area contributed by atoms with E-state index in [1.54, 1.807) is 29.7 Å². The largest absolute Gasteiger partial charge is 0.312 e. The van der Waals surface area contributed by atoms with Gasteiger partial charge in [-0.1, -0.05) is 41.7 Å². The number of benzene rings is 2. The maximum atomic E-state index is 10.7. The summed E-state index contributed by atoms with van der Waals surface area (Å²) in [6, 6.07) is 16.7. The maximum Gasteiger partial charge on any atom is 0.269 e. The smallest absolute Gasteiger partial charge is 0.269 e. The van der Waals surface area contributed by atoms with Crippen molar-refractivity contribution in [1.82, 2.24) is 4.57 Å². The highest BCUT2D eigenvalue weighted by Crippen LogP contribution is 2.27. The van der Waals surface area contributed by atoms with Crippen LogP contribution in [0.25, 0.3) is 11.3 Å². The van der Waals surface area contributed by atoms with E-state index in [9.17, 15) is 10.1 Å². The summed E-state index contributed by atoms with van der Waals surface area (Å²) in [5.41, 5.74) is 3.13. The molecule has 0 saturated heterocycles. The van der Waals surface area contributed by atoms with Crippen LogP contribution in [0, 0.1) is 17.0 Å². The number of hydrogen-bond donors (Lipinski definition) is 0. The fraction of sp³-hybridized carbons (Fsp3) is 0.200. The molecule has 1 heterocycles. The molecule has 0 unspecified atom stereocenters. The lowest BCUT2D eigenvalue weighted by molar-refractivity contribution is -0.384. The van der Waals surface area contributed by atoms with Crippen molar-refractivity contribution in [2.45, 2.75) is 26.8 Å². The molecule has 3 rings (SSSR count). The van der Waals surface area contributed by atoms with Crippen LogP contribution in [0.4, 0.5) is 5.69 Å². The van der Waals surface area contributed by atoms with Gasteiger partial charge in [-0.2, -0.15) is 5.10 Å². The quantitative estimate of drug-likeness (QED) is 0.357.